The molecule has 1 heterocycles. The number of benzene rings is 1. The number of guanidine groups is 1. The summed E-state index contributed by atoms with van der Waals surface area (Å²) in [6.45, 7) is 2.34. The first kappa shape index (κ1) is 25.3. The summed E-state index contributed by atoms with van der Waals surface area (Å²) in [7, 11) is 4.80. The summed E-state index contributed by atoms with van der Waals surface area (Å²) in [4.78, 5) is 7.77. The van der Waals surface area contributed by atoms with Crippen molar-refractivity contribution in [1.29, 1.82) is 0 Å². The zero-order chi connectivity index (χ0) is 20.7. The molecule has 0 aliphatic heterocycles. The molecule has 0 aliphatic rings. The normalized spacial score (nSPS) is 12.7. The van der Waals surface area contributed by atoms with Crippen LogP contribution >= 0.6 is 35.3 Å². The monoisotopic (exact) mass is 544 g/mol. The Morgan fingerprint density at radius 1 is 1.28 bits per heavy atom. The maximum Gasteiger partial charge on any atom is 0.434 e. The van der Waals surface area contributed by atoms with E-state index in [2.05, 4.69) is 20.6 Å². The molecule has 29 heavy (non-hydrogen) atoms. The van der Waals surface area contributed by atoms with Crippen molar-refractivity contribution in [2.75, 3.05) is 27.8 Å². The molecule has 2 N–H and O–H groups in total. The fraction of sp³-hybridized carbons (Fsp3) is 0.444. The Morgan fingerprint density at radius 2 is 2.00 bits per heavy atom. The number of ether oxygens (including phenoxy) is 2. The minimum absolute atomic E-state index is 0. The Labute approximate surface area is 188 Å². The Hall–Kier alpha value is -1.76. The standard InChI is InChI=1S/C18H23F3N4O2S.HI/c1-11(13-9-12(26-3)5-6-14(13)27-4)24-17(22-2)23-8-7-16-25-15(10-28-16)18(19,20)21;/h5-6,9-11H,7-8H2,1-4H3,(H2,22,23,24);1H. The molecule has 0 bridgehead atoms. The fourth-order valence-electron chi connectivity index (χ4n) is 2.50. The Bertz CT molecular complexity index is 815. The molecule has 0 saturated heterocycles. The summed E-state index contributed by atoms with van der Waals surface area (Å²) in [5.74, 6) is 1.93. The van der Waals surface area contributed by atoms with E-state index in [9.17, 15) is 13.2 Å². The largest absolute Gasteiger partial charge is 0.497 e. The third kappa shape index (κ3) is 7.21. The van der Waals surface area contributed by atoms with Gasteiger partial charge in [0.05, 0.1) is 25.3 Å². The van der Waals surface area contributed by atoms with Gasteiger partial charge in [0.2, 0.25) is 0 Å². The second kappa shape index (κ2) is 11.4. The van der Waals surface area contributed by atoms with Gasteiger partial charge in [-0.2, -0.15) is 13.2 Å². The molecular formula is C18H24F3IN4O2S. The number of nitrogens with one attached hydrogen (secondary N) is 2. The van der Waals surface area contributed by atoms with Crippen molar-refractivity contribution in [2.45, 2.75) is 25.6 Å². The zero-order valence-corrected chi connectivity index (χ0v) is 19.6. The summed E-state index contributed by atoms with van der Waals surface area (Å²) >= 11 is 0.994. The number of halogens is 4. The number of hydrogen-bond donors (Lipinski definition) is 2. The van der Waals surface area contributed by atoms with Gasteiger partial charge in [0, 0.05) is 31.0 Å². The highest BCUT2D eigenvalue weighted by Gasteiger charge is 2.33. The maximum atomic E-state index is 12.6. The minimum atomic E-state index is -4.41. The molecule has 0 radical (unpaired) electrons. The topological polar surface area (TPSA) is 67.8 Å². The van der Waals surface area contributed by atoms with E-state index in [0.717, 1.165) is 22.3 Å². The molecule has 1 aromatic heterocycles. The number of methoxy groups -OCH3 is 2. The van der Waals surface area contributed by atoms with E-state index < -0.39 is 11.9 Å². The third-order valence-electron chi connectivity index (χ3n) is 3.95. The van der Waals surface area contributed by atoms with E-state index >= 15 is 0 Å². The second-order valence-corrected chi connectivity index (χ2v) is 6.79. The second-order valence-electron chi connectivity index (χ2n) is 5.85. The van der Waals surface area contributed by atoms with Crippen molar-refractivity contribution in [3.8, 4) is 11.5 Å². The van der Waals surface area contributed by atoms with Crippen molar-refractivity contribution >= 4 is 41.3 Å². The van der Waals surface area contributed by atoms with Gasteiger partial charge in [-0.3, -0.25) is 4.99 Å². The summed E-state index contributed by atoms with van der Waals surface area (Å²) < 4.78 is 48.5. The van der Waals surface area contributed by atoms with Crippen molar-refractivity contribution < 1.29 is 22.6 Å². The van der Waals surface area contributed by atoms with E-state index in [1.165, 1.54) is 0 Å². The van der Waals surface area contributed by atoms with Gasteiger partial charge in [-0.05, 0) is 25.1 Å². The molecule has 2 aromatic rings. The number of aliphatic imine (C=N–C) groups is 1. The first-order valence-corrected chi connectivity index (χ1v) is 9.37. The van der Waals surface area contributed by atoms with Gasteiger partial charge in [0.1, 0.15) is 11.5 Å². The van der Waals surface area contributed by atoms with Crippen molar-refractivity contribution in [1.82, 2.24) is 15.6 Å². The molecule has 0 aliphatic carbocycles. The highest BCUT2D eigenvalue weighted by molar-refractivity contribution is 14.0. The average Bonchev–Trinajstić information content (AvgIpc) is 3.15. The van der Waals surface area contributed by atoms with Crippen LogP contribution in [-0.2, 0) is 12.6 Å². The summed E-state index contributed by atoms with van der Waals surface area (Å²) in [5.41, 5.74) is 0.0355. The molecule has 1 aromatic carbocycles. The van der Waals surface area contributed by atoms with Crippen LogP contribution < -0.4 is 20.1 Å². The highest BCUT2D eigenvalue weighted by Crippen LogP contribution is 2.30. The molecule has 0 fully saturated rings. The molecule has 0 spiro atoms. The van der Waals surface area contributed by atoms with Crippen LogP contribution in [0.25, 0.3) is 0 Å². The van der Waals surface area contributed by atoms with Gasteiger partial charge in [-0.15, -0.1) is 35.3 Å². The van der Waals surface area contributed by atoms with Crippen molar-refractivity contribution in [3.05, 3.63) is 39.8 Å². The summed E-state index contributed by atoms with van der Waals surface area (Å²) in [6.07, 6.45) is -4.05. The molecule has 11 heteroatoms. The van der Waals surface area contributed by atoms with Crippen LogP contribution in [0.3, 0.4) is 0 Å². The van der Waals surface area contributed by atoms with Crippen LogP contribution in [0, 0.1) is 0 Å². The molecule has 162 valence electrons. The summed E-state index contributed by atoms with van der Waals surface area (Å²) in [5, 5.41) is 7.76. The van der Waals surface area contributed by atoms with Crippen LogP contribution in [-0.4, -0.2) is 38.8 Å². The van der Waals surface area contributed by atoms with Gasteiger partial charge < -0.3 is 20.1 Å². The van der Waals surface area contributed by atoms with Gasteiger partial charge >= 0.3 is 6.18 Å². The highest BCUT2D eigenvalue weighted by atomic mass is 127. The van der Waals surface area contributed by atoms with Crippen LogP contribution in [0.1, 0.15) is 29.2 Å². The number of thiazole rings is 1. The summed E-state index contributed by atoms with van der Waals surface area (Å²) in [6, 6.07) is 5.36. The number of nitrogens with zero attached hydrogens (tertiary/aromatic N) is 2. The zero-order valence-electron chi connectivity index (χ0n) is 16.5. The Balaban J connectivity index is 0.00000420. The lowest BCUT2D eigenvalue weighted by Gasteiger charge is -2.20. The predicted octanol–water partition coefficient (Wildman–Crippen LogP) is 4.27. The lowest BCUT2D eigenvalue weighted by Crippen LogP contribution is -2.39. The van der Waals surface area contributed by atoms with Gasteiger partial charge in [-0.1, -0.05) is 0 Å². The maximum absolute atomic E-state index is 12.6. The van der Waals surface area contributed by atoms with Crippen molar-refractivity contribution in [3.63, 3.8) is 0 Å². The predicted molar refractivity (Wildman–Crippen MR) is 119 cm³/mol. The van der Waals surface area contributed by atoms with Gasteiger partial charge in [-0.25, -0.2) is 4.98 Å². The Kier molecular flexibility index (Phi) is 9.96. The SMILES string of the molecule is CN=C(NCCc1nc(C(F)(F)F)cs1)NC(C)c1cc(OC)ccc1OC.I. The van der Waals surface area contributed by atoms with E-state index in [0.29, 0.717) is 35.4 Å². The molecular weight excluding hydrogens is 520 g/mol. The first-order valence-electron chi connectivity index (χ1n) is 8.49. The molecule has 1 unspecified atom stereocenters. The number of hydrogen-bond acceptors (Lipinski definition) is 5. The lowest BCUT2D eigenvalue weighted by molar-refractivity contribution is -0.140. The minimum Gasteiger partial charge on any atom is -0.497 e. The first-order chi connectivity index (χ1) is 13.3. The lowest BCUT2D eigenvalue weighted by atomic mass is 10.1. The van der Waals surface area contributed by atoms with Crippen LogP contribution in [0.2, 0.25) is 0 Å². The quantitative estimate of drug-likeness (QED) is 0.310. The third-order valence-corrected chi connectivity index (χ3v) is 4.86. The van der Waals surface area contributed by atoms with Crippen LogP contribution in [0.15, 0.2) is 28.6 Å². The number of rotatable bonds is 7. The average molecular weight is 544 g/mol. The molecule has 6 nitrogen and oxygen atoms in total. The van der Waals surface area contributed by atoms with Crippen molar-refractivity contribution in [2.24, 2.45) is 4.99 Å². The van der Waals surface area contributed by atoms with Gasteiger partial charge in [0.15, 0.2) is 11.7 Å². The van der Waals surface area contributed by atoms with Crippen LogP contribution in [0.5, 0.6) is 11.5 Å². The van der Waals surface area contributed by atoms with E-state index in [1.807, 2.05) is 25.1 Å². The van der Waals surface area contributed by atoms with E-state index in [4.69, 9.17) is 9.47 Å². The van der Waals surface area contributed by atoms with Crippen LogP contribution in [0.4, 0.5) is 13.2 Å². The van der Waals surface area contributed by atoms with E-state index in [-0.39, 0.29) is 30.0 Å². The van der Waals surface area contributed by atoms with E-state index in [1.54, 1.807) is 21.3 Å². The number of aromatic nitrogens is 1. The number of alkyl halides is 3. The fourth-order valence-corrected chi connectivity index (χ4v) is 3.30. The molecule has 0 amide bonds. The molecule has 1 atom stereocenters. The van der Waals surface area contributed by atoms with Gasteiger partial charge in [0.25, 0.3) is 0 Å². The smallest absolute Gasteiger partial charge is 0.434 e. The Morgan fingerprint density at radius 3 is 2.55 bits per heavy atom. The molecule has 2 rings (SSSR count). The molecule has 0 saturated carbocycles.